The van der Waals surface area contributed by atoms with Crippen molar-refractivity contribution in [3.8, 4) is 6.07 Å². The van der Waals surface area contributed by atoms with Crippen LogP contribution in [0.15, 0.2) is 0 Å². The van der Waals surface area contributed by atoms with Crippen LogP contribution in [0.4, 0.5) is 0 Å². The van der Waals surface area contributed by atoms with Crippen molar-refractivity contribution in [2.75, 3.05) is 19.3 Å². The van der Waals surface area contributed by atoms with E-state index in [4.69, 9.17) is 0 Å². The maximum Gasteiger partial charge on any atom is 0.211 e. The van der Waals surface area contributed by atoms with E-state index >= 15 is 0 Å². The van der Waals surface area contributed by atoms with Crippen molar-refractivity contribution in [1.82, 2.24) is 4.31 Å². The first-order valence-corrected chi connectivity index (χ1v) is 9.87. The Bertz CT molecular complexity index is 509. The molecule has 0 spiro atoms. The Kier molecular flexibility index (Phi) is 4.70. The highest BCUT2D eigenvalue weighted by Crippen LogP contribution is 2.48. The standard InChI is InChI=1S/C16H28N2O2S/c1-15(2)6-8-16(13-17,9-7-15)11-14-5-4-10-18(12-14)21(3,19)20/h14H,4-12H2,1-3H3. The Labute approximate surface area is 129 Å². The summed E-state index contributed by atoms with van der Waals surface area (Å²) >= 11 is 0. The zero-order valence-electron chi connectivity index (χ0n) is 13.6. The Morgan fingerprint density at radius 2 is 1.86 bits per heavy atom. The van der Waals surface area contributed by atoms with E-state index in [1.54, 1.807) is 4.31 Å². The lowest BCUT2D eigenvalue weighted by Gasteiger charge is -2.42. The van der Waals surface area contributed by atoms with Gasteiger partial charge in [-0.25, -0.2) is 12.7 Å². The van der Waals surface area contributed by atoms with E-state index in [0.717, 1.165) is 44.9 Å². The third-order valence-electron chi connectivity index (χ3n) is 5.43. The topological polar surface area (TPSA) is 61.2 Å². The van der Waals surface area contributed by atoms with Crippen LogP contribution < -0.4 is 0 Å². The molecule has 0 N–H and O–H groups in total. The molecule has 1 heterocycles. The summed E-state index contributed by atoms with van der Waals surface area (Å²) in [7, 11) is -3.09. The first kappa shape index (κ1) is 16.8. The first-order valence-electron chi connectivity index (χ1n) is 8.02. The Morgan fingerprint density at radius 1 is 1.24 bits per heavy atom. The second-order valence-electron chi connectivity index (χ2n) is 7.89. The molecule has 1 atom stereocenters. The van der Waals surface area contributed by atoms with Gasteiger partial charge in [-0.15, -0.1) is 0 Å². The molecule has 2 fully saturated rings. The summed E-state index contributed by atoms with van der Waals surface area (Å²) in [5.74, 6) is 0.342. The van der Waals surface area contributed by atoms with Gasteiger partial charge >= 0.3 is 0 Å². The summed E-state index contributed by atoms with van der Waals surface area (Å²) in [6, 6.07) is 2.59. The van der Waals surface area contributed by atoms with E-state index in [-0.39, 0.29) is 5.41 Å². The van der Waals surface area contributed by atoms with Crippen molar-refractivity contribution in [3.63, 3.8) is 0 Å². The predicted octanol–water partition coefficient (Wildman–Crippen LogP) is 3.16. The van der Waals surface area contributed by atoms with Crippen LogP contribution in [0.5, 0.6) is 0 Å². The molecule has 1 aliphatic heterocycles. The second kappa shape index (κ2) is 5.89. The number of nitriles is 1. The maximum absolute atomic E-state index is 11.7. The van der Waals surface area contributed by atoms with Gasteiger partial charge in [-0.2, -0.15) is 5.26 Å². The minimum Gasteiger partial charge on any atom is -0.213 e. The zero-order chi connectivity index (χ0) is 15.7. The molecule has 0 aromatic rings. The van der Waals surface area contributed by atoms with E-state index in [9.17, 15) is 13.7 Å². The van der Waals surface area contributed by atoms with Gasteiger partial charge in [0.2, 0.25) is 10.0 Å². The van der Waals surface area contributed by atoms with Crippen molar-refractivity contribution < 1.29 is 8.42 Å². The lowest BCUT2D eigenvalue weighted by Crippen LogP contribution is -2.41. The maximum atomic E-state index is 11.7. The third-order valence-corrected chi connectivity index (χ3v) is 6.70. The molecule has 21 heavy (non-hydrogen) atoms. The quantitative estimate of drug-likeness (QED) is 0.804. The van der Waals surface area contributed by atoms with Gasteiger partial charge in [0.25, 0.3) is 0 Å². The molecular formula is C16H28N2O2S. The average molecular weight is 312 g/mol. The number of hydrogen-bond donors (Lipinski definition) is 0. The van der Waals surface area contributed by atoms with Crippen LogP contribution in [0, 0.1) is 28.1 Å². The molecule has 5 heteroatoms. The van der Waals surface area contributed by atoms with E-state index in [0.29, 0.717) is 24.4 Å². The highest BCUT2D eigenvalue weighted by atomic mass is 32.2. The molecular weight excluding hydrogens is 284 g/mol. The first-order chi connectivity index (χ1) is 9.66. The summed E-state index contributed by atoms with van der Waals surface area (Å²) in [6.45, 7) is 5.80. The predicted molar refractivity (Wildman–Crippen MR) is 84.1 cm³/mol. The van der Waals surface area contributed by atoms with E-state index in [1.807, 2.05) is 0 Å². The molecule has 2 aliphatic rings. The SMILES string of the molecule is CC1(C)CCC(C#N)(CC2CCCN(S(C)(=O)=O)C2)CC1. The molecule has 0 aromatic heterocycles. The fourth-order valence-corrected chi connectivity index (χ4v) is 4.76. The normalized spacial score (nSPS) is 29.7. The number of nitrogens with zero attached hydrogens (tertiary/aromatic N) is 2. The number of piperidine rings is 1. The van der Waals surface area contributed by atoms with Gasteiger partial charge in [0.15, 0.2) is 0 Å². The monoisotopic (exact) mass is 312 g/mol. The van der Waals surface area contributed by atoms with Gasteiger partial charge in [0, 0.05) is 13.1 Å². The van der Waals surface area contributed by atoms with Crippen LogP contribution in [0.1, 0.15) is 58.8 Å². The molecule has 1 saturated heterocycles. The Morgan fingerprint density at radius 3 is 2.38 bits per heavy atom. The van der Waals surface area contributed by atoms with Crippen molar-refractivity contribution >= 4 is 10.0 Å². The van der Waals surface area contributed by atoms with Crippen molar-refractivity contribution in [1.29, 1.82) is 5.26 Å². The molecule has 2 rings (SSSR count). The summed E-state index contributed by atoms with van der Waals surface area (Å²) in [4.78, 5) is 0. The minimum absolute atomic E-state index is 0.222. The van der Waals surface area contributed by atoms with E-state index in [2.05, 4.69) is 19.9 Å². The average Bonchev–Trinajstić information content (AvgIpc) is 2.41. The third kappa shape index (κ3) is 4.20. The van der Waals surface area contributed by atoms with Crippen LogP contribution in [0.3, 0.4) is 0 Å². The number of rotatable bonds is 3. The van der Waals surface area contributed by atoms with Crippen LogP contribution in [-0.4, -0.2) is 32.1 Å². The Hall–Kier alpha value is -0.600. The van der Waals surface area contributed by atoms with Gasteiger partial charge in [0.1, 0.15) is 0 Å². The van der Waals surface area contributed by atoms with Crippen molar-refractivity contribution in [2.45, 2.75) is 58.8 Å². The smallest absolute Gasteiger partial charge is 0.211 e. The Balaban J connectivity index is 2.01. The van der Waals surface area contributed by atoms with Crippen LogP contribution in [0.25, 0.3) is 0 Å². The minimum atomic E-state index is -3.09. The molecule has 0 aromatic carbocycles. The zero-order valence-corrected chi connectivity index (χ0v) is 14.4. The second-order valence-corrected chi connectivity index (χ2v) is 9.87. The van der Waals surface area contributed by atoms with Crippen LogP contribution in [0.2, 0.25) is 0 Å². The largest absolute Gasteiger partial charge is 0.213 e. The molecule has 0 radical (unpaired) electrons. The fourth-order valence-electron chi connectivity index (χ4n) is 3.81. The lowest BCUT2D eigenvalue weighted by atomic mass is 9.62. The van der Waals surface area contributed by atoms with Gasteiger partial charge in [-0.3, -0.25) is 0 Å². The summed E-state index contributed by atoms with van der Waals surface area (Å²) in [5.41, 5.74) is 0.131. The van der Waals surface area contributed by atoms with Gasteiger partial charge in [0.05, 0.1) is 17.7 Å². The van der Waals surface area contributed by atoms with Gasteiger partial charge < -0.3 is 0 Å². The van der Waals surface area contributed by atoms with E-state index < -0.39 is 10.0 Å². The van der Waals surface area contributed by atoms with Gasteiger partial charge in [-0.05, 0) is 56.3 Å². The molecule has 4 nitrogen and oxygen atoms in total. The lowest BCUT2D eigenvalue weighted by molar-refractivity contribution is 0.107. The number of sulfonamides is 1. The van der Waals surface area contributed by atoms with E-state index in [1.165, 1.54) is 6.26 Å². The highest BCUT2D eigenvalue weighted by Gasteiger charge is 2.41. The summed E-state index contributed by atoms with van der Waals surface area (Å²) < 4.78 is 25.0. The van der Waals surface area contributed by atoms with Gasteiger partial charge in [-0.1, -0.05) is 13.8 Å². The highest BCUT2D eigenvalue weighted by molar-refractivity contribution is 7.88. The van der Waals surface area contributed by atoms with Crippen LogP contribution >= 0.6 is 0 Å². The fraction of sp³-hybridized carbons (Fsp3) is 0.938. The molecule has 1 unspecified atom stereocenters. The molecule has 120 valence electrons. The summed E-state index contributed by atoms with van der Waals surface area (Å²) in [6.07, 6.45) is 8.26. The molecule has 0 bridgehead atoms. The molecule has 0 amide bonds. The van der Waals surface area contributed by atoms with Crippen molar-refractivity contribution in [3.05, 3.63) is 0 Å². The molecule has 1 saturated carbocycles. The van der Waals surface area contributed by atoms with Crippen LogP contribution in [-0.2, 0) is 10.0 Å². The van der Waals surface area contributed by atoms with Crippen molar-refractivity contribution in [2.24, 2.45) is 16.7 Å². The summed E-state index contributed by atoms with van der Waals surface area (Å²) in [5, 5.41) is 9.69. The number of hydrogen-bond acceptors (Lipinski definition) is 3. The molecule has 1 aliphatic carbocycles.